The Balaban J connectivity index is 1.66. The molecule has 0 saturated carbocycles. The van der Waals surface area contributed by atoms with Crippen LogP contribution in [0.15, 0.2) is 11.2 Å². The van der Waals surface area contributed by atoms with Gasteiger partial charge in [0.25, 0.3) is 0 Å². The molecule has 1 unspecified atom stereocenters. The molecule has 0 bridgehead atoms. The van der Waals surface area contributed by atoms with Crippen LogP contribution < -0.4 is 4.90 Å². The first-order chi connectivity index (χ1) is 10.7. The van der Waals surface area contributed by atoms with Gasteiger partial charge in [0.05, 0.1) is 5.92 Å². The van der Waals surface area contributed by atoms with E-state index in [1.54, 1.807) is 11.8 Å². The van der Waals surface area contributed by atoms with E-state index >= 15 is 0 Å². The molecule has 3 heterocycles. The van der Waals surface area contributed by atoms with Crippen LogP contribution in [0.2, 0.25) is 0 Å². The third kappa shape index (κ3) is 3.51. The van der Waals surface area contributed by atoms with Gasteiger partial charge in [0, 0.05) is 49.4 Å². The zero-order chi connectivity index (χ0) is 15.5. The van der Waals surface area contributed by atoms with Gasteiger partial charge >= 0.3 is 0 Å². The van der Waals surface area contributed by atoms with Crippen LogP contribution in [0.4, 0.5) is 5.82 Å². The molecule has 1 atom stereocenters. The van der Waals surface area contributed by atoms with Crippen molar-refractivity contribution in [3.63, 3.8) is 0 Å². The van der Waals surface area contributed by atoms with Crippen molar-refractivity contribution in [3.05, 3.63) is 11.8 Å². The second-order valence-corrected chi connectivity index (χ2v) is 7.72. The van der Waals surface area contributed by atoms with Crippen LogP contribution in [-0.2, 0) is 4.79 Å². The summed E-state index contributed by atoms with van der Waals surface area (Å²) in [5.74, 6) is 3.56. The van der Waals surface area contributed by atoms with Crippen LogP contribution in [-0.4, -0.2) is 64.7 Å². The van der Waals surface area contributed by atoms with Gasteiger partial charge in [0.15, 0.2) is 5.16 Å². The van der Waals surface area contributed by atoms with Crippen molar-refractivity contribution in [2.24, 2.45) is 5.92 Å². The second kappa shape index (κ2) is 7.08. The fourth-order valence-corrected chi connectivity index (χ4v) is 4.31. The molecule has 1 aromatic heterocycles. The highest BCUT2D eigenvalue weighted by molar-refractivity contribution is 7.99. The number of carbonyl (C=O) groups is 1. The second-order valence-electron chi connectivity index (χ2n) is 5.72. The molecular weight excluding hydrogens is 316 g/mol. The average Bonchev–Trinajstić information content (AvgIpc) is 3.04. The SMILES string of the molecule is CSc1nc(C)cc(N2CCC(C(=O)N3CCSCC3)C2)n1. The number of carbonyl (C=O) groups excluding carboxylic acids is 1. The molecule has 2 aliphatic heterocycles. The number of rotatable bonds is 3. The van der Waals surface area contributed by atoms with Gasteiger partial charge in [-0.2, -0.15) is 11.8 Å². The number of aryl methyl sites for hydroxylation is 1. The molecule has 22 heavy (non-hydrogen) atoms. The third-order valence-electron chi connectivity index (χ3n) is 4.19. The van der Waals surface area contributed by atoms with Crippen molar-refractivity contribution in [1.29, 1.82) is 0 Å². The van der Waals surface area contributed by atoms with E-state index < -0.39 is 0 Å². The highest BCUT2D eigenvalue weighted by Crippen LogP contribution is 2.26. The van der Waals surface area contributed by atoms with E-state index in [0.717, 1.165) is 60.8 Å². The first kappa shape index (κ1) is 15.9. The molecule has 7 heteroatoms. The Kier molecular flexibility index (Phi) is 5.13. The summed E-state index contributed by atoms with van der Waals surface area (Å²) < 4.78 is 0. The summed E-state index contributed by atoms with van der Waals surface area (Å²) in [6.07, 6.45) is 2.92. The summed E-state index contributed by atoms with van der Waals surface area (Å²) in [5.41, 5.74) is 0.984. The molecule has 2 fully saturated rings. The average molecular weight is 339 g/mol. The van der Waals surface area contributed by atoms with Gasteiger partial charge in [-0.25, -0.2) is 9.97 Å². The summed E-state index contributed by atoms with van der Waals surface area (Å²) in [7, 11) is 0. The quantitative estimate of drug-likeness (QED) is 0.620. The van der Waals surface area contributed by atoms with E-state index in [0.29, 0.717) is 5.91 Å². The fraction of sp³-hybridized carbons (Fsp3) is 0.667. The van der Waals surface area contributed by atoms with E-state index in [4.69, 9.17) is 0 Å². The van der Waals surface area contributed by atoms with Crippen LogP contribution in [0.3, 0.4) is 0 Å². The van der Waals surface area contributed by atoms with Crippen molar-refractivity contribution in [3.8, 4) is 0 Å². The zero-order valence-corrected chi connectivity index (χ0v) is 14.8. The third-order valence-corrected chi connectivity index (χ3v) is 5.68. The number of hydrogen-bond acceptors (Lipinski definition) is 6. The minimum Gasteiger partial charge on any atom is -0.356 e. The van der Waals surface area contributed by atoms with E-state index in [1.165, 1.54) is 0 Å². The molecule has 120 valence electrons. The number of nitrogens with zero attached hydrogens (tertiary/aromatic N) is 4. The first-order valence-corrected chi connectivity index (χ1v) is 10.1. The van der Waals surface area contributed by atoms with Crippen molar-refractivity contribution >= 4 is 35.2 Å². The maximum absolute atomic E-state index is 12.6. The monoisotopic (exact) mass is 338 g/mol. The van der Waals surface area contributed by atoms with Gasteiger partial charge in [0.2, 0.25) is 5.91 Å². The molecule has 0 spiro atoms. The first-order valence-electron chi connectivity index (χ1n) is 7.68. The molecule has 0 aromatic carbocycles. The molecule has 1 aromatic rings. The van der Waals surface area contributed by atoms with Gasteiger partial charge in [-0.15, -0.1) is 0 Å². The predicted molar refractivity (Wildman–Crippen MR) is 92.8 cm³/mol. The maximum Gasteiger partial charge on any atom is 0.227 e. The molecule has 3 rings (SSSR count). The lowest BCUT2D eigenvalue weighted by atomic mass is 10.1. The van der Waals surface area contributed by atoms with Crippen LogP contribution in [0.5, 0.6) is 0 Å². The van der Waals surface area contributed by atoms with Crippen LogP contribution >= 0.6 is 23.5 Å². The molecule has 0 aliphatic carbocycles. The molecule has 2 saturated heterocycles. The summed E-state index contributed by atoms with van der Waals surface area (Å²) in [6, 6.07) is 2.02. The van der Waals surface area contributed by atoms with Crippen LogP contribution in [0, 0.1) is 12.8 Å². The predicted octanol–water partition coefficient (Wildman–Crippen LogP) is 1.91. The van der Waals surface area contributed by atoms with Gasteiger partial charge in [-0.1, -0.05) is 11.8 Å². The largest absolute Gasteiger partial charge is 0.356 e. The van der Waals surface area contributed by atoms with Crippen molar-refractivity contribution in [2.75, 3.05) is 48.8 Å². The highest BCUT2D eigenvalue weighted by Gasteiger charge is 2.32. The van der Waals surface area contributed by atoms with E-state index in [-0.39, 0.29) is 5.92 Å². The highest BCUT2D eigenvalue weighted by atomic mass is 32.2. The van der Waals surface area contributed by atoms with Crippen molar-refractivity contribution < 1.29 is 4.79 Å². The van der Waals surface area contributed by atoms with Gasteiger partial charge in [0.1, 0.15) is 5.82 Å². The minimum atomic E-state index is 0.121. The molecule has 0 N–H and O–H groups in total. The number of aromatic nitrogens is 2. The van der Waals surface area contributed by atoms with Crippen LogP contribution in [0.1, 0.15) is 12.1 Å². The van der Waals surface area contributed by atoms with Crippen molar-refractivity contribution in [2.45, 2.75) is 18.5 Å². The Morgan fingerprint density at radius 3 is 2.82 bits per heavy atom. The normalized spacial score (nSPS) is 22.2. The smallest absolute Gasteiger partial charge is 0.227 e. The number of anilines is 1. The molecule has 5 nitrogen and oxygen atoms in total. The Labute approximate surface area is 140 Å². The Morgan fingerprint density at radius 2 is 2.09 bits per heavy atom. The minimum absolute atomic E-state index is 0.121. The van der Waals surface area contributed by atoms with E-state index in [1.807, 2.05) is 35.9 Å². The molecule has 1 amide bonds. The summed E-state index contributed by atoms with van der Waals surface area (Å²) >= 11 is 3.50. The standard InChI is InChI=1S/C15H22N4OS2/c1-11-9-13(17-15(16-11)21-2)19-4-3-12(10-19)14(20)18-5-7-22-8-6-18/h9,12H,3-8,10H2,1-2H3. The lowest BCUT2D eigenvalue weighted by Gasteiger charge is -2.29. The molecule has 0 radical (unpaired) electrons. The van der Waals surface area contributed by atoms with E-state index in [2.05, 4.69) is 14.9 Å². The Morgan fingerprint density at radius 1 is 1.32 bits per heavy atom. The zero-order valence-electron chi connectivity index (χ0n) is 13.1. The Bertz CT molecular complexity index is 548. The summed E-state index contributed by atoms with van der Waals surface area (Å²) in [6.45, 7) is 5.50. The number of amides is 1. The summed E-state index contributed by atoms with van der Waals surface area (Å²) in [4.78, 5) is 25.9. The van der Waals surface area contributed by atoms with E-state index in [9.17, 15) is 4.79 Å². The van der Waals surface area contributed by atoms with Gasteiger partial charge in [-0.05, 0) is 19.6 Å². The summed E-state index contributed by atoms with van der Waals surface area (Å²) in [5, 5.41) is 0.804. The number of thioether (sulfide) groups is 2. The molecular formula is C15H22N4OS2. The molecule has 2 aliphatic rings. The Hall–Kier alpha value is -0.950. The number of hydrogen-bond donors (Lipinski definition) is 0. The lowest BCUT2D eigenvalue weighted by Crippen LogP contribution is -2.42. The van der Waals surface area contributed by atoms with Crippen molar-refractivity contribution in [1.82, 2.24) is 14.9 Å². The van der Waals surface area contributed by atoms with Gasteiger partial charge in [-0.3, -0.25) is 4.79 Å². The van der Waals surface area contributed by atoms with Gasteiger partial charge < -0.3 is 9.80 Å². The maximum atomic E-state index is 12.6. The topological polar surface area (TPSA) is 49.3 Å². The lowest BCUT2D eigenvalue weighted by molar-refractivity contribution is -0.134. The van der Waals surface area contributed by atoms with Crippen LogP contribution in [0.25, 0.3) is 0 Å². The fourth-order valence-electron chi connectivity index (χ4n) is 2.99.